The highest BCUT2D eigenvalue weighted by molar-refractivity contribution is 7.21. The maximum Gasteiger partial charge on any atom is 0.261 e. The van der Waals surface area contributed by atoms with Crippen molar-refractivity contribution in [3.05, 3.63) is 29.1 Å². The molecule has 0 unspecified atom stereocenters. The number of rotatable bonds is 5. The summed E-state index contributed by atoms with van der Waals surface area (Å²) >= 11 is 1.54. The smallest absolute Gasteiger partial charge is 0.261 e. The first-order chi connectivity index (χ1) is 12.5. The number of hydrogen-bond acceptors (Lipinski definition) is 4. The number of hydrogen-bond donors (Lipinski definition) is 1. The molecule has 0 radical (unpaired) electrons. The lowest BCUT2D eigenvalue weighted by Gasteiger charge is -2.56. The molecule has 1 amide bonds. The lowest BCUT2D eigenvalue weighted by Crippen LogP contribution is -2.69. The molecule has 1 aromatic carbocycles. The summed E-state index contributed by atoms with van der Waals surface area (Å²) in [5.74, 6) is 1.54. The highest BCUT2D eigenvalue weighted by atomic mass is 32.1. The summed E-state index contributed by atoms with van der Waals surface area (Å²) in [5, 5.41) is 4.45. The molecule has 4 nitrogen and oxygen atoms in total. The third kappa shape index (κ3) is 3.01. The molecule has 2 aromatic rings. The molecule has 0 spiro atoms. The van der Waals surface area contributed by atoms with Crippen molar-refractivity contribution in [3.63, 3.8) is 0 Å². The number of piperidine rings is 3. The Morgan fingerprint density at radius 3 is 2.81 bits per heavy atom. The number of carbonyl (C=O) groups is 1. The summed E-state index contributed by atoms with van der Waals surface area (Å²) in [6.07, 6.45) is 3.36. The van der Waals surface area contributed by atoms with E-state index in [9.17, 15) is 4.79 Å². The van der Waals surface area contributed by atoms with Gasteiger partial charge in [-0.3, -0.25) is 9.69 Å². The summed E-state index contributed by atoms with van der Waals surface area (Å²) < 4.78 is 6.93. The summed E-state index contributed by atoms with van der Waals surface area (Å²) in [6.45, 7) is 9.65. The van der Waals surface area contributed by atoms with E-state index < -0.39 is 0 Å². The van der Waals surface area contributed by atoms with Crippen LogP contribution in [-0.4, -0.2) is 42.1 Å². The zero-order valence-corrected chi connectivity index (χ0v) is 16.7. The van der Waals surface area contributed by atoms with E-state index in [1.165, 1.54) is 12.8 Å². The number of benzene rings is 1. The van der Waals surface area contributed by atoms with E-state index in [1.54, 1.807) is 11.3 Å². The first kappa shape index (κ1) is 17.8. The molecule has 2 bridgehead atoms. The molecule has 5 heteroatoms. The Bertz CT molecular complexity index is 805. The van der Waals surface area contributed by atoms with E-state index in [1.807, 2.05) is 18.2 Å². The molecule has 0 aliphatic carbocycles. The Labute approximate surface area is 159 Å². The molecule has 0 saturated carbocycles. The van der Waals surface area contributed by atoms with Gasteiger partial charge in [0.2, 0.25) is 0 Å². The Hall–Kier alpha value is -1.59. The van der Waals surface area contributed by atoms with Crippen molar-refractivity contribution in [2.75, 3.05) is 19.7 Å². The van der Waals surface area contributed by atoms with Crippen molar-refractivity contribution in [2.24, 2.45) is 5.92 Å². The third-order valence-electron chi connectivity index (χ3n) is 6.07. The predicted octanol–water partition coefficient (Wildman–Crippen LogP) is 4.29. The summed E-state index contributed by atoms with van der Waals surface area (Å²) in [5.41, 5.74) is 0.0307. The van der Waals surface area contributed by atoms with Crippen LogP contribution in [0.25, 0.3) is 10.1 Å². The van der Waals surface area contributed by atoms with Crippen molar-refractivity contribution >= 4 is 27.3 Å². The van der Waals surface area contributed by atoms with E-state index in [0.29, 0.717) is 12.5 Å². The van der Waals surface area contributed by atoms with Gasteiger partial charge in [0.05, 0.1) is 16.2 Å². The highest BCUT2D eigenvalue weighted by Crippen LogP contribution is 2.39. The number of fused-ring (bicyclic) bond motifs is 4. The van der Waals surface area contributed by atoms with E-state index in [4.69, 9.17) is 4.74 Å². The van der Waals surface area contributed by atoms with Gasteiger partial charge in [0.15, 0.2) is 0 Å². The van der Waals surface area contributed by atoms with Crippen LogP contribution < -0.4 is 10.1 Å². The molecule has 3 aliphatic rings. The molecule has 3 aliphatic heterocycles. The van der Waals surface area contributed by atoms with Crippen molar-refractivity contribution in [1.82, 2.24) is 10.2 Å². The molecular formula is C21H28N2O2S. The number of amides is 1. The minimum Gasteiger partial charge on any atom is -0.492 e. The zero-order valence-electron chi connectivity index (χ0n) is 15.9. The van der Waals surface area contributed by atoms with Gasteiger partial charge in [-0.15, -0.1) is 11.3 Å². The fraction of sp³-hybridized carbons (Fsp3) is 0.571. The van der Waals surface area contributed by atoms with Gasteiger partial charge in [0.1, 0.15) is 5.75 Å². The van der Waals surface area contributed by atoms with Gasteiger partial charge in [0, 0.05) is 11.6 Å². The normalized spacial score (nSPS) is 26.8. The predicted molar refractivity (Wildman–Crippen MR) is 107 cm³/mol. The summed E-state index contributed by atoms with van der Waals surface area (Å²) in [4.78, 5) is 16.3. The topological polar surface area (TPSA) is 41.6 Å². The van der Waals surface area contributed by atoms with Gasteiger partial charge in [0.25, 0.3) is 5.91 Å². The number of nitrogens with one attached hydrogen (secondary N) is 1. The van der Waals surface area contributed by atoms with Crippen molar-refractivity contribution in [1.29, 1.82) is 0 Å². The van der Waals surface area contributed by atoms with Gasteiger partial charge < -0.3 is 10.1 Å². The second-order valence-corrected chi connectivity index (χ2v) is 9.12. The average Bonchev–Trinajstić information content (AvgIpc) is 3.08. The second kappa shape index (κ2) is 6.86. The van der Waals surface area contributed by atoms with E-state index in [0.717, 1.165) is 40.2 Å². The zero-order chi connectivity index (χ0) is 18.3. The lowest BCUT2D eigenvalue weighted by atomic mass is 9.72. The van der Waals surface area contributed by atoms with Crippen molar-refractivity contribution < 1.29 is 9.53 Å². The number of carbonyl (C=O) groups excluding carboxylic acids is 1. The average molecular weight is 373 g/mol. The number of ether oxygens (including phenoxy) is 1. The fourth-order valence-corrected chi connectivity index (χ4v) is 5.59. The molecule has 1 atom stereocenters. The highest BCUT2D eigenvalue weighted by Gasteiger charge is 2.48. The second-order valence-electron chi connectivity index (χ2n) is 8.06. The molecule has 1 N–H and O–H groups in total. The minimum atomic E-state index is 0.0307. The van der Waals surface area contributed by atoms with Crippen LogP contribution in [0.3, 0.4) is 0 Å². The molecule has 140 valence electrons. The van der Waals surface area contributed by atoms with Gasteiger partial charge in [-0.05, 0) is 69.6 Å². The van der Waals surface area contributed by atoms with Gasteiger partial charge in [-0.2, -0.15) is 0 Å². The molecule has 5 rings (SSSR count). The maximum atomic E-state index is 13.0. The standard InChI is InChI=1S/C21H28N2O2S/c1-4-12-25-16-7-5-6-15-13-17(26-18(15)16)20(24)22-19-14-8-10-23(11-9-14)21(19,2)3/h5-7,13-14,19H,4,8-12H2,1-3H3,(H,22,24)/t19-/m1/s1. The monoisotopic (exact) mass is 372 g/mol. The van der Waals surface area contributed by atoms with E-state index >= 15 is 0 Å². The Morgan fingerprint density at radius 2 is 2.12 bits per heavy atom. The van der Waals surface area contributed by atoms with E-state index in [2.05, 4.69) is 37.1 Å². The summed E-state index contributed by atoms with van der Waals surface area (Å²) in [7, 11) is 0. The van der Waals surface area contributed by atoms with Crippen molar-refractivity contribution in [2.45, 2.75) is 51.6 Å². The number of nitrogens with zero attached hydrogens (tertiary/aromatic N) is 1. The van der Waals surface area contributed by atoms with Crippen LogP contribution in [-0.2, 0) is 0 Å². The molecule has 3 saturated heterocycles. The minimum absolute atomic E-state index is 0.0307. The largest absolute Gasteiger partial charge is 0.492 e. The molecule has 1 aromatic heterocycles. The van der Waals surface area contributed by atoms with Crippen LogP contribution in [0.5, 0.6) is 5.75 Å². The molecule has 26 heavy (non-hydrogen) atoms. The van der Waals surface area contributed by atoms with Crippen LogP contribution in [0.1, 0.15) is 49.7 Å². The van der Waals surface area contributed by atoms with Crippen LogP contribution in [0, 0.1) is 5.92 Å². The lowest BCUT2D eigenvalue weighted by molar-refractivity contribution is -0.0377. The van der Waals surface area contributed by atoms with Crippen LogP contribution >= 0.6 is 11.3 Å². The first-order valence-corrected chi connectivity index (χ1v) is 10.5. The first-order valence-electron chi connectivity index (χ1n) is 9.72. The molecule has 3 fully saturated rings. The summed E-state index contributed by atoms with van der Waals surface area (Å²) in [6, 6.07) is 8.27. The van der Waals surface area contributed by atoms with Gasteiger partial charge in [-0.25, -0.2) is 0 Å². The number of thiophene rings is 1. The Balaban J connectivity index is 1.57. The Morgan fingerprint density at radius 1 is 1.35 bits per heavy atom. The Kier molecular flexibility index (Phi) is 4.70. The quantitative estimate of drug-likeness (QED) is 0.851. The SMILES string of the molecule is CCCOc1cccc2cc(C(=O)N[C@@H]3C4CCN(CC4)C3(C)C)sc12. The van der Waals surface area contributed by atoms with Crippen molar-refractivity contribution in [3.8, 4) is 5.75 Å². The third-order valence-corrected chi connectivity index (χ3v) is 7.23. The van der Waals surface area contributed by atoms with Gasteiger partial charge >= 0.3 is 0 Å². The van der Waals surface area contributed by atoms with Crippen LogP contribution in [0.2, 0.25) is 0 Å². The maximum absolute atomic E-state index is 13.0. The van der Waals surface area contributed by atoms with Crippen LogP contribution in [0.4, 0.5) is 0 Å². The molecular weight excluding hydrogens is 344 g/mol. The van der Waals surface area contributed by atoms with Crippen LogP contribution in [0.15, 0.2) is 24.3 Å². The molecule has 4 heterocycles. The fourth-order valence-electron chi connectivity index (χ4n) is 4.56. The van der Waals surface area contributed by atoms with Gasteiger partial charge in [-0.1, -0.05) is 19.1 Å². The van der Waals surface area contributed by atoms with E-state index in [-0.39, 0.29) is 17.5 Å².